The molecule has 1 aliphatic heterocycles. The molecule has 36 heavy (non-hydrogen) atoms. The van der Waals surface area contributed by atoms with Crippen LogP contribution in [0.2, 0.25) is 0 Å². The number of carbonyl (C=O) groups excluding carboxylic acids is 3. The van der Waals surface area contributed by atoms with Crippen molar-refractivity contribution in [2.24, 2.45) is 17.4 Å². The minimum atomic E-state index is -1.54. The van der Waals surface area contributed by atoms with Crippen molar-refractivity contribution in [3.05, 3.63) is 6.42 Å². The average Bonchev–Trinajstić information content (AvgIpc) is 3.20. The number of ether oxygens (including phenoxy) is 1. The van der Waals surface area contributed by atoms with Crippen LogP contribution in [0.15, 0.2) is 0 Å². The van der Waals surface area contributed by atoms with Crippen LogP contribution in [0.4, 0.5) is 0 Å². The van der Waals surface area contributed by atoms with Gasteiger partial charge in [-0.3, -0.25) is 19.8 Å². The first-order valence-electron chi connectivity index (χ1n) is 13.3. The van der Waals surface area contributed by atoms with Crippen molar-refractivity contribution in [3.8, 4) is 0 Å². The van der Waals surface area contributed by atoms with Gasteiger partial charge in [-0.2, -0.15) is 0 Å². The molecule has 1 saturated heterocycles. The maximum Gasteiger partial charge on any atom is 0.274 e. The number of guanidine groups is 1. The number of Topliss-reactive ketones (excluding diaryl/α,β-unsaturated/α-hetero) is 1. The number of hydrogen-bond donors (Lipinski definition) is 5. The summed E-state index contributed by atoms with van der Waals surface area (Å²) in [5, 5.41) is 13.0. The van der Waals surface area contributed by atoms with Crippen molar-refractivity contribution in [2.75, 3.05) is 13.1 Å². The summed E-state index contributed by atoms with van der Waals surface area (Å²) in [6, 6.07) is -1.50. The highest BCUT2D eigenvalue weighted by molar-refractivity contribution is 5.95. The van der Waals surface area contributed by atoms with Crippen LogP contribution in [0.5, 0.6) is 0 Å². The van der Waals surface area contributed by atoms with Crippen LogP contribution in [-0.2, 0) is 19.1 Å². The number of hydrogen-bond acceptors (Lipinski definition) is 6. The lowest BCUT2D eigenvalue weighted by molar-refractivity contribution is -0.207. The molecular weight excluding hydrogens is 460 g/mol. The Morgan fingerprint density at radius 3 is 2.44 bits per heavy atom. The van der Waals surface area contributed by atoms with Crippen molar-refractivity contribution in [1.82, 2.24) is 15.5 Å². The highest BCUT2D eigenvalue weighted by Gasteiger charge is 2.54. The summed E-state index contributed by atoms with van der Waals surface area (Å²) in [6.07, 6.45) is 6.82. The lowest BCUT2D eigenvalue weighted by atomic mass is 9.98. The van der Waals surface area contributed by atoms with Gasteiger partial charge in [-0.1, -0.05) is 33.6 Å². The van der Waals surface area contributed by atoms with E-state index < -0.39 is 29.3 Å². The number of nitrogens with one attached hydrogen (secondary N) is 3. The molecule has 0 aromatic heterocycles. The Balaban J connectivity index is 3.18. The SMILES string of the molecule is CCC[CH]CCC(=O)[C@H](CCCNC(=N)N)NC(=O)[C@]1(OC(C)(C)C)CCCN1C(=O)[C@@H](N)C(C)C. The Labute approximate surface area is 217 Å². The fourth-order valence-corrected chi connectivity index (χ4v) is 4.32. The van der Waals surface area contributed by atoms with Crippen LogP contribution in [0.25, 0.3) is 0 Å². The third-order valence-corrected chi connectivity index (χ3v) is 6.20. The monoisotopic (exact) mass is 509 g/mol. The molecule has 0 bridgehead atoms. The third-order valence-electron chi connectivity index (χ3n) is 6.20. The average molecular weight is 510 g/mol. The Morgan fingerprint density at radius 2 is 1.89 bits per heavy atom. The summed E-state index contributed by atoms with van der Waals surface area (Å²) in [4.78, 5) is 41.8. The number of nitrogens with zero attached hydrogens (tertiary/aromatic N) is 1. The summed E-state index contributed by atoms with van der Waals surface area (Å²) >= 11 is 0. The number of rotatable bonds is 15. The van der Waals surface area contributed by atoms with Gasteiger partial charge in [-0.25, -0.2) is 0 Å². The minimum Gasteiger partial charge on any atom is -0.370 e. The van der Waals surface area contributed by atoms with E-state index in [1.165, 1.54) is 4.90 Å². The Bertz CT molecular complexity index is 751. The molecule has 0 aromatic carbocycles. The van der Waals surface area contributed by atoms with Gasteiger partial charge in [0.05, 0.1) is 17.7 Å². The van der Waals surface area contributed by atoms with E-state index in [4.69, 9.17) is 21.6 Å². The zero-order valence-electron chi connectivity index (χ0n) is 23.1. The Morgan fingerprint density at radius 1 is 1.22 bits per heavy atom. The van der Waals surface area contributed by atoms with Gasteiger partial charge in [0.2, 0.25) is 11.6 Å². The van der Waals surface area contributed by atoms with E-state index in [0.717, 1.165) is 12.8 Å². The van der Waals surface area contributed by atoms with Crippen molar-refractivity contribution < 1.29 is 19.1 Å². The van der Waals surface area contributed by atoms with Crippen LogP contribution >= 0.6 is 0 Å². The zero-order valence-corrected chi connectivity index (χ0v) is 23.1. The number of carbonyl (C=O) groups is 3. The molecule has 10 heteroatoms. The van der Waals surface area contributed by atoms with E-state index in [2.05, 4.69) is 24.0 Å². The van der Waals surface area contributed by atoms with Gasteiger partial charge >= 0.3 is 0 Å². The van der Waals surface area contributed by atoms with Gasteiger partial charge in [0, 0.05) is 25.9 Å². The molecule has 1 heterocycles. The summed E-state index contributed by atoms with van der Waals surface area (Å²) in [7, 11) is 0. The first-order chi connectivity index (χ1) is 16.7. The molecule has 0 unspecified atom stereocenters. The lowest BCUT2D eigenvalue weighted by Gasteiger charge is -2.43. The largest absolute Gasteiger partial charge is 0.370 e. The molecule has 0 aromatic rings. The van der Waals surface area contributed by atoms with E-state index in [1.54, 1.807) is 0 Å². The zero-order chi connectivity index (χ0) is 27.5. The highest BCUT2D eigenvalue weighted by atomic mass is 16.5. The van der Waals surface area contributed by atoms with Crippen molar-refractivity contribution in [3.63, 3.8) is 0 Å². The number of likely N-dealkylation sites (tertiary alicyclic amines) is 1. The van der Waals surface area contributed by atoms with Crippen molar-refractivity contribution in [2.45, 2.75) is 116 Å². The third kappa shape index (κ3) is 9.69. The number of unbranched alkanes of at least 4 members (excludes halogenated alkanes) is 3. The molecule has 7 N–H and O–H groups in total. The molecule has 2 amide bonds. The molecule has 207 valence electrons. The van der Waals surface area contributed by atoms with Crippen LogP contribution in [0.3, 0.4) is 0 Å². The molecule has 1 fully saturated rings. The Hall–Kier alpha value is -2.20. The number of amides is 2. The normalized spacial score (nSPS) is 19.7. The summed E-state index contributed by atoms with van der Waals surface area (Å²) in [5.74, 6) is -1.13. The highest BCUT2D eigenvalue weighted by Crippen LogP contribution is 2.36. The second-order valence-corrected chi connectivity index (χ2v) is 11.0. The number of ketones is 1. The summed E-state index contributed by atoms with van der Waals surface area (Å²) < 4.78 is 6.33. The van der Waals surface area contributed by atoms with Gasteiger partial charge in [0.1, 0.15) is 0 Å². The molecule has 1 radical (unpaired) electrons. The van der Waals surface area contributed by atoms with Gasteiger partial charge in [0.15, 0.2) is 11.7 Å². The van der Waals surface area contributed by atoms with Crippen molar-refractivity contribution in [1.29, 1.82) is 5.41 Å². The molecule has 0 saturated carbocycles. The summed E-state index contributed by atoms with van der Waals surface area (Å²) in [5.41, 5.74) is 9.29. The van der Waals surface area contributed by atoms with Gasteiger partial charge in [-0.15, -0.1) is 0 Å². The van der Waals surface area contributed by atoms with Crippen LogP contribution in [-0.4, -0.2) is 65.0 Å². The summed E-state index contributed by atoms with van der Waals surface area (Å²) in [6.45, 7) is 12.1. The predicted molar refractivity (Wildman–Crippen MR) is 142 cm³/mol. The molecule has 10 nitrogen and oxygen atoms in total. The van der Waals surface area contributed by atoms with Gasteiger partial charge in [0.25, 0.3) is 5.91 Å². The van der Waals surface area contributed by atoms with Crippen molar-refractivity contribution >= 4 is 23.6 Å². The second kappa shape index (κ2) is 14.5. The maximum absolute atomic E-state index is 13.9. The topological polar surface area (TPSA) is 164 Å². The molecule has 0 aliphatic carbocycles. The number of nitrogens with two attached hydrogens (primary N) is 2. The molecule has 1 aliphatic rings. The van der Waals surface area contributed by atoms with E-state index >= 15 is 0 Å². The maximum atomic E-state index is 13.9. The van der Waals surface area contributed by atoms with Crippen LogP contribution in [0, 0.1) is 17.7 Å². The molecule has 3 atom stereocenters. The lowest BCUT2D eigenvalue weighted by Crippen LogP contribution is -2.65. The quantitative estimate of drug-likeness (QED) is 0.128. The first kappa shape index (κ1) is 31.8. The predicted octanol–water partition coefficient (Wildman–Crippen LogP) is 2.21. The van der Waals surface area contributed by atoms with E-state index in [9.17, 15) is 14.4 Å². The van der Waals surface area contributed by atoms with E-state index in [-0.39, 0.29) is 23.6 Å². The van der Waals surface area contributed by atoms with E-state index in [1.807, 2.05) is 34.6 Å². The van der Waals surface area contributed by atoms with Crippen LogP contribution in [0.1, 0.15) is 92.9 Å². The van der Waals surface area contributed by atoms with Crippen LogP contribution < -0.4 is 22.1 Å². The fraction of sp³-hybridized carbons (Fsp3) is 0.808. The fourth-order valence-electron chi connectivity index (χ4n) is 4.32. The smallest absolute Gasteiger partial charge is 0.274 e. The minimum absolute atomic E-state index is 0.0702. The first-order valence-corrected chi connectivity index (χ1v) is 13.3. The molecular formula is C26H49N6O4. The second-order valence-electron chi connectivity index (χ2n) is 11.0. The van der Waals surface area contributed by atoms with Gasteiger partial charge < -0.3 is 31.7 Å². The molecule has 1 rings (SSSR count). The Kier molecular flexibility index (Phi) is 12.8. The van der Waals surface area contributed by atoms with Gasteiger partial charge in [-0.05, 0) is 58.8 Å². The standard InChI is InChI=1S/C26H49N6O4/c1-7-8-9-10-14-20(33)19(13-11-16-30-24(28)29)31-23(35)26(36-25(4,5)6)15-12-17-32(26)22(34)21(27)18(2)3/h9,18-19,21H,7-8,10-17,27H2,1-6H3,(H,31,35)(H4,28,29,30)/t19-,21-,26+/m0/s1. The molecule has 0 spiro atoms. The van der Waals surface area contributed by atoms with E-state index in [0.29, 0.717) is 51.6 Å².